The maximum absolute atomic E-state index is 13.7. The molecule has 1 nitrogen and oxygen atoms in total. The number of hydrogen-bond donors (Lipinski definition) is 0. The zero-order valence-corrected chi connectivity index (χ0v) is 10.2. The summed E-state index contributed by atoms with van der Waals surface area (Å²) in [6.45, 7) is 0. The molecule has 0 bridgehead atoms. The maximum Gasteiger partial charge on any atom is 0.200 e. The molecule has 0 aliphatic carbocycles. The van der Waals surface area contributed by atoms with Gasteiger partial charge in [-0.3, -0.25) is 4.99 Å². The average Bonchev–Trinajstić information content (AvgIpc) is 2.48. The summed E-state index contributed by atoms with van der Waals surface area (Å²) in [5.74, 6) is -9.96. The Kier molecular flexibility index (Phi) is 3.83. The average molecular weight is 285 g/mol. The molecular formula is C14H8F5N. The second-order valence-electron chi connectivity index (χ2n) is 3.88. The Morgan fingerprint density at radius 3 is 1.65 bits per heavy atom. The van der Waals surface area contributed by atoms with E-state index in [9.17, 15) is 22.0 Å². The summed E-state index contributed by atoms with van der Waals surface area (Å²) in [6, 6.07) is 7.69. The smallest absolute Gasteiger partial charge is 0.200 e. The van der Waals surface area contributed by atoms with Gasteiger partial charge in [-0.05, 0) is 0 Å². The molecule has 0 fully saturated rings. The molecule has 0 radical (unpaired) electrons. The van der Waals surface area contributed by atoms with Crippen LogP contribution in [0, 0.1) is 29.1 Å². The molecule has 0 unspecified atom stereocenters. The van der Waals surface area contributed by atoms with Gasteiger partial charge in [-0.2, -0.15) is 0 Å². The highest BCUT2D eigenvalue weighted by Crippen LogP contribution is 2.25. The maximum atomic E-state index is 13.7. The molecule has 0 heterocycles. The molecule has 0 aliphatic heterocycles. The largest absolute Gasteiger partial charge is 0.287 e. The lowest BCUT2D eigenvalue weighted by Gasteiger charge is -2.10. The first kappa shape index (κ1) is 14.2. The Morgan fingerprint density at radius 2 is 1.20 bits per heavy atom. The van der Waals surface area contributed by atoms with Gasteiger partial charge in [0.25, 0.3) is 0 Å². The van der Waals surface area contributed by atoms with Crippen molar-refractivity contribution in [1.82, 2.24) is 0 Å². The number of halogens is 5. The van der Waals surface area contributed by atoms with Crippen molar-refractivity contribution in [2.24, 2.45) is 4.99 Å². The van der Waals surface area contributed by atoms with E-state index in [0.29, 0.717) is 0 Å². The van der Waals surface area contributed by atoms with Crippen LogP contribution >= 0.6 is 0 Å². The second kappa shape index (κ2) is 5.40. The molecule has 0 aliphatic rings. The summed E-state index contributed by atoms with van der Waals surface area (Å²) < 4.78 is 66.8. The summed E-state index contributed by atoms with van der Waals surface area (Å²) in [4.78, 5) is 3.64. The van der Waals surface area contributed by atoms with Crippen LogP contribution in [0.15, 0.2) is 35.3 Å². The number of hydrogen-bond acceptors (Lipinski definition) is 1. The van der Waals surface area contributed by atoms with Gasteiger partial charge >= 0.3 is 0 Å². The van der Waals surface area contributed by atoms with Crippen molar-refractivity contribution in [3.63, 3.8) is 0 Å². The summed E-state index contributed by atoms with van der Waals surface area (Å²) in [5.41, 5.74) is -1.09. The highest BCUT2D eigenvalue weighted by Gasteiger charge is 2.28. The van der Waals surface area contributed by atoms with E-state index in [1.54, 1.807) is 18.2 Å². The summed E-state index contributed by atoms with van der Waals surface area (Å²) >= 11 is 0. The topological polar surface area (TPSA) is 12.4 Å². The van der Waals surface area contributed by atoms with Crippen molar-refractivity contribution < 1.29 is 22.0 Å². The molecule has 0 saturated carbocycles. The molecule has 2 rings (SSSR count). The van der Waals surface area contributed by atoms with Gasteiger partial charge in [0.15, 0.2) is 23.3 Å². The van der Waals surface area contributed by atoms with Crippen LogP contribution in [0.4, 0.5) is 22.0 Å². The molecular weight excluding hydrogens is 277 g/mol. The molecule has 0 aromatic heterocycles. The third kappa shape index (κ3) is 2.17. The minimum Gasteiger partial charge on any atom is -0.287 e. The van der Waals surface area contributed by atoms with Crippen molar-refractivity contribution in [1.29, 1.82) is 0 Å². The number of rotatable bonds is 2. The van der Waals surface area contributed by atoms with E-state index in [1.807, 2.05) is 0 Å². The zero-order chi connectivity index (χ0) is 14.9. The molecule has 6 heteroatoms. The van der Waals surface area contributed by atoms with Crippen molar-refractivity contribution in [3.05, 3.63) is 70.5 Å². The molecule has 2 aromatic rings. The fourth-order valence-corrected chi connectivity index (χ4v) is 1.79. The number of aliphatic imine (C=N–C) groups is 1. The Morgan fingerprint density at radius 1 is 0.750 bits per heavy atom. The van der Waals surface area contributed by atoms with Gasteiger partial charge in [-0.25, -0.2) is 22.0 Å². The summed E-state index contributed by atoms with van der Waals surface area (Å²) in [7, 11) is 1.21. The van der Waals surface area contributed by atoms with Crippen LogP contribution in [0.1, 0.15) is 11.1 Å². The van der Waals surface area contributed by atoms with Crippen LogP contribution in [-0.4, -0.2) is 12.8 Å². The van der Waals surface area contributed by atoms with Crippen molar-refractivity contribution in [2.45, 2.75) is 0 Å². The van der Waals surface area contributed by atoms with Crippen molar-refractivity contribution in [2.75, 3.05) is 7.05 Å². The minimum absolute atomic E-state index is 0.248. The monoisotopic (exact) mass is 285 g/mol. The van der Waals surface area contributed by atoms with E-state index in [0.717, 1.165) is 0 Å². The fraction of sp³-hybridized carbons (Fsp3) is 0.0714. The van der Waals surface area contributed by atoms with E-state index in [2.05, 4.69) is 4.99 Å². The molecule has 0 amide bonds. The van der Waals surface area contributed by atoms with Crippen LogP contribution in [0.25, 0.3) is 0 Å². The normalized spacial score (nSPS) is 11.8. The highest BCUT2D eigenvalue weighted by atomic mass is 19.2. The van der Waals surface area contributed by atoms with Crippen LogP contribution in [0.5, 0.6) is 0 Å². The van der Waals surface area contributed by atoms with Gasteiger partial charge in [-0.1, -0.05) is 30.3 Å². The molecule has 2 aromatic carbocycles. The zero-order valence-electron chi connectivity index (χ0n) is 10.2. The first-order valence-corrected chi connectivity index (χ1v) is 5.53. The van der Waals surface area contributed by atoms with Crippen LogP contribution in [0.2, 0.25) is 0 Å². The van der Waals surface area contributed by atoms with E-state index in [4.69, 9.17) is 0 Å². The Balaban J connectivity index is 2.76. The Labute approximate surface area is 111 Å². The van der Waals surface area contributed by atoms with Crippen molar-refractivity contribution >= 4 is 5.71 Å². The van der Waals surface area contributed by atoms with Crippen molar-refractivity contribution in [3.8, 4) is 0 Å². The van der Waals surface area contributed by atoms with Gasteiger partial charge < -0.3 is 0 Å². The lowest BCUT2D eigenvalue weighted by molar-refractivity contribution is 0.377. The van der Waals surface area contributed by atoms with Gasteiger partial charge in [0.05, 0.1) is 11.3 Å². The molecule has 0 atom stereocenters. The number of benzene rings is 2. The van der Waals surface area contributed by atoms with Gasteiger partial charge in [0.1, 0.15) is 0 Å². The van der Waals surface area contributed by atoms with Gasteiger partial charge in [-0.15, -0.1) is 0 Å². The molecule has 104 valence electrons. The minimum atomic E-state index is -2.19. The third-order valence-corrected chi connectivity index (χ3v) is 2.72. The van der Waals surface area contributed by atoms with Crippen LogP contribution in [-0.2, 0) is 0 Å². The van der Waals surface area contributed by atoms with Crippen LogP contribution in [0.3, 0.4) is 0 Å². The van der Waals surface area contributed by atoms with E-state index >= 15 is 0 Å². The van der Waals surface area contributed by atoms with Gasteiger partial charge in [0, 0.05) is 12.6 Å². The highest BCUT2D eigenvalue weighted by molar-refractivity contribution is 6.13. The predicted molar refractivity (Wildman–Crippen MR) is 64.2 cm³/mol. The standard InChI is InChI=1S/C14H8F5N/c1-20-14(7-5-3-2-4-6-7)8-9(15)11(17)13(19)12(18)10(8)16/h2-6H,1H3. The lowest BCUT2D eigenvalue weighted by atomic mass is 10.0. The molecule has 0 saturated heterocycles. The van der Waals surface area contributed by atoms with Gasteiger partial charge in [0.2, 0.25) is 5.82 Å². The third-order valence-electron chi connectivity index (χ3n) is 2.72. The molecule has 0 spiro atoms. The lowest BCUT2D eigenvalue weighted by Crippen LogP contribution is -2.14. The summed E-state index contributed by atoms with van der Waals surface area (Å²) in [5, 5.41) is 0. The first-order chi connectivity index (χ1) is 9.49. The fourth-order valence-electron chi connectivity index (χ4n) is 1.79. The Hall–Kier alpha value is -2.24. The predicted octanol–water partition coefficient (Wildman–Crippen LogP) is 3.85. The quantitative estimate of drug-likeness (QED) is 0.344. The Bertz CT molecular complexity index is 651. The second-order valence-corrected chi connectivity index (χ2v) is 3.88. The van der Waals surface area contributed by atoms with E-state index in [-0.39, 0.29) is 11.3 Å². The molecule has 20 heavy (non-hydrogen) atoms. The van der Waals surface area contributed by atoms with Crippen LogP contribution < -0.4 is 0 Å². The first-order valence-electron chi connectivity index (χ1n) is 5.53. The SMILES string of the molecule is CN=C(c1ccccc1)c1c(F)c(F)c(F)c(F)c1F. The summed E-state index contributed by atoms with van der Waals surface area (Å²) in [6.07, 6.45) is 0. The van der Waals surface area contributed by atoms with E-state index in [1.165, 1.54) is 19.2 Å². The number of nitrogens with zero attached hydrogens (tertiary/aromatic N) is 1. The molecule has 0 N–H and O–H groups in total. The van der Waals surface area contributed by atoms with E-state index < -0.39 is 34.6 Å².